The lowest BCUT2D eigenvalue weighted by atomic mass is 10.1. The molecule has 0 unspecified atom stereocenters. The Morgan fingerprint density at radius 2 is 1.83 bits per heavy atom. The molecule has 1 aromatic carbocycles. The third kappa shape index (κ3) is 4.25. The maximum Gasteiger partial charge on any atom is 0.243 e. The van der Waals surface area contributed by atoms with Gasteiger partial charge in [0, 0.05) is 6.04 Å². The molecule has 1 saturated carbocycles. The molecule has 1 amide bonds. The van der Waals surface area contributed by atoms with Crippen LogP contribution in [-0.2, 0) is 14.8 Å². The van der Waals surface area contributed by atoms with Crippen LogP contribution in [0.2, 0.25) is 0 Å². The number of carbonyl (C=O) groups is 1. The highest BCUT2D eigenvalue weighted by Crippen LogP contribution is 2.24. The van der Waals surface area contributed by atoms with Gasteiger partial charge < -0.3 is 5.32 Å². The Balaban J connectivity index is 2.27. The Morgan fingerprint density at radius 3 is 2.35 bits per heavy atom. The van der Waals surface area contributed by atoms with Gasteiger partial charge in [0.15, 0.2) is 0 Å². The number of rotatable bonds is 5. The van der Waals surface area contributed by atoms with Crippen molar-refractivity contribution in [1.82, 2.24) is 5.32 Å². The predicted molar refractivity (Wildman–Crippen MR) is 93.1 cm³/mol. The van der Waals surface area contributed by atoms with E-state index in [1.165, 1.54) is 4.31 Å². The number of hydrogen-bond donors (Lipinski definition) is 1. The lowest BCUT2D eigenvalue weighted by Gasteiger charge is -2.29. The van der Waals surface area contributed by atoms with Crippen LogP contribution in [0.15, 0.2) is 18.2 Å². The van der Waals surface area contributed by atoms with Crippen LogP contribution < -0.4 is 9.62 Å². The van der Waals surface area contributed by atoms with E-state index in [1.807, 2.05) is 26.0 Å². The SMILES string of the molecule is Cc1ccc(N([C@H](C)C(=O)NC2CCCC2)S(C)(=O)=O)cc1C. The van der Waals surface area contributed by atoms with Crippen LogP contribution in [0.1, 0.15) is 43.7 Å². The van der Waals surface area contributed by atoms with E-state index in [-0.39, 0.29) is 11.9 Å². The first kappa shape index (κ1) is 17.8. The molecule has 0 radical (unpaired) electrons. The van der Waals surface area contributed by atoms with Gasteiger partial charge in [0.25, 0.3) is 0 Å². The largest absolute Gasteiger partial charge is 0.352 e. The minimum Gasteiger partial charge on any atom is -0.352 e. The molecule has 0 bridgehead atoms. The summed E-state index contributed by atoms with van der Waals surface area (Å²) < 4.78 is 25.7. The van der Waals surface area contributed by atoms with Crippen molar-refractivity contribution in [3.63, 3.8) is 0 Å². The number of anilines is 1. The number of nitrogens with one attached hydrogen (secondary N) is 1. The molecule has 1 atom stereocenters. The van der Waals surface area contributed by atoms with Crippen LogP contribution in [0.5, 0.6) is 0 Å². The van der Waals surface area contributed by atoms with E-state index in [0.717, 1.165) is 43.1 Å². The first-order valence-electron chi connectivity index (χ1n) is 8.07. The summed E-state index contributed by atoms with van der Waals surface area (Å²) in [4.78, 5) is 12.5. The summed E-state index contributed by atoms with van der Waals surface area (Å²) in [6.45, 7) is 5.54. The molecule has 128 valence electrons. The molecule has 0 heterocycles. The van der Waals surface area contributed by atoms with Gasteiger partial charge in [-0.1, -0.05) is 18.9 Å². The fraction of sp³-hybridized carbons (Fsp3) is 0.588. The Hall–Kier alpha value is -1.56. The summed E-state index contributed by atoms with van der Waals surface area (Å²) in [6, 6.07) is 4.85. The zero-order valence-corrected chi connectivity index (χ0v) is 15.1. The minimum absolute atomic E-state index is 0.172. The van der Waals surface area contributed by atoms with E-state index in [1.54, 1.807) is 13.0 Å². The second kappa shape index (κ2) is 6.91. The van der Waals surface area contributed by atoms with Gasteiger partial charge in [-0.25, -0.2) is 8.42 Å². The molecule has 1 aliphatic carbocycles. The Labute approximate surface area is 139 Å². The number of aryl methyl sites for hydroxylation is 2. The van der Waals surface area contributed by atoms with Gasteiger partial charge >= 0.3 is 0 Å². The third-order valence-electron chi connectivity index (χ3n) is 4.54. The van der Waals surface area contributed by atoms with E-state index in [4.69, 9.17) is 0 Å². The fourth-order valence-electron chi connectivity index (χ4n) is 3.06. The number of hydrogen-bond acceptors (Lipinski definition) is 3. The van der Waals surface area contributed by atoms with E-state index >= 15 is 0 Å². The highest BCUT2D eigenvalue weighted by molar-refractivity contribution is 7.92. The maximum absolute atomic E-state index is 12.5. The molecule has 1 aliphatic rings. The average molecular weight is 338 g/mol. The molecule has 1 N–H and O–H groups in total. The summed E-state index contributed by atoms with van der Waals surface area (Å²) in [7, 11) is -3.55. The van der Waals surface area contributed by atoms with Crippen molar-refractivity contribution in [2.24, 2.45) is 0 Å². The Bertz CT molecular complexity index is 679. The zero-order chi connectivity index (χ0) is 17.2. The van der Waals surface area contributed by atoms with Crippen molar-refractivity contribution in [3.8, 4) is 0 Å². The topological polar surface area (TPSA) is 66.5 Å². The fourth-order valence-corrected chi connectivity index (χ4v) is 4.23. The molecule has 6 heteroatoms. The predicted octanol–water partition coefficient (Wildman–Crippen LogP) is 2.52. The summed E-state index contributed by atoms with van der Waals surface area (Å²) in [5.74, 6) is -0.236. The molecule has 0 aromatic heterocycles. The second-order valence-corrected chi connectivity index (χ2v) is 8.35. The molecule has 0 spiro atoms. The van der Waals surface area contributed by atoms with Gasteiger partial charge in [0.05, 0.1) is 11.9 Å². The summed E-state index contributed by atoms with van der Waals surface area (Å²) in [6.07, 6.45) is 5.32. The highest BCUT2D eigenvalue weighted by atomic mass is 32.2. The van der Waals surface area contributed by atoms with Gasteiger partial charge in [-0.05, 0) is 56.9 Å². The molecular formula is C17H26N2O3S. The van der Waals surface area contributed by atoms with Crippen molar-refractivity contribution in [1.29, 1.82) is 0 Å². The van der Waals surface area contributed by atoms with Crippen molar-refractivity contribution in [3.05, 3.63) is 29.3 Å². The number of carbonyl (C=O) groups excluding carboxylic acids is 1. The van der Waals surface area contributed by atoms with Crippen LogP contribution in [0.4, 0.5) is 5.69 Å². The first-order chi connectivity index (χ1) is 10.7. The third-order valence-corrected chi connectivity index (χ3v) is 5.78. The monoisotopic (exact) mass is 338 g/mol. The van der Waals surface area contributed by atoms with E-state index in [0.29, 0.717) is 5.69 Å². The van der Waals surface area contributed by atoms with E-state index in [9.17, 15) is 13.2 Å². The van der Waals surface area contributed by atoms with E-state index in [2.05, 4.69) is 5.32 Å². The minimum atomic E-state index is -3.55. The summed E-state index contributed by atoms with van der Waals surface area (Å²) in [5.41, 5.74) is 2.62. The highest BCUT2D eigenvalue weighted by Gasteiger charge is 2.30. The summed E-state index contributed by atoms with van der Waals surface area (Å²) >= 11 is 0. The van der Waals surface area contributed by atoms with Gasteiger partial charge in [0.1, 0.15) is 6.04 Å². The average Bonchev–Trinajstić information content (AvgIpc) is 2.94. The van der Waals surface area contributed by atoms with Crippen LogP contribution >= 0.6 is 0 Å². The van der Waals surface area contributed by atoms with Crippen molar-refractivity contribution < 1.29 is 13.2 Å². The molecule has 2 rings (SSSR count). The molecule has 5 nitrogen and oxygen atoms in total. The van der Waals surface area contributed by atoms with Crippen LogP contribution in [0.25, 0.3) is 0 Å². The Morgan fingerprint density at radius 1 is 1.22 bits per heavy atom. The second-order valence-electron chi connectivity index (χ2n) is 6.49. The van der Waals surface area contributed by atoms with Crippen molar-refractivity contribution in [2.45, 2.75) is 58.5 Å². The van der Waals surface area contributed by atoms with Gasteiger partial charge in [0.2, 0.25) is 15.9 Å². The smallest absolute Gasteiger partial charge is 0.243 e. The van der Waals surface area contributed by atoms with E-state index < -0.39 is 16.1 Å². The number of amides is 1. The van der Waals surface area contributed by atoms with Gasteiger partial charge in [-0.2, -0.15) is 0 Å². The normalized spacial score (nSPS) is 17.0. The molecule has 0 aliphatic heterocycles. The van der Waals surface area contributed by atoms with Gasteiger partial charge in [-0.3, -0.25) is 9.10 Å². The maximum atomic E-state index is 12.5. The quantitative estimate of drug-likeness (QED) is 0.897. The molecular weight excluding hydrogens is 312 g/mol. The molecule has 1 fully saturated rings. The molecule has 1 aromatic rings. The number of nitrogens with zero attached hydrogens (tertiary/aromatic N) is 1. The lowest BCUT2D eigenvalue weighted by Crippen LogP contribution is -2.50. The number of sulfonamides is 1. The standard InChI is InChI=1S/C17H26N2O3S/c1-12-9-10-16(11-13(12)2)19(23(4,21)22)14(3)17(20)18-15-7-5-6-8-15/h9-11,14-15H,5-8H2,1-4H3,(H,18,20)/t14-/m1/s1. The lowest BCUT2D eigenvalue weighted by molar-refractivity contribution is -0.122. The van der Waals surface area contributed by atoms with Crippen LogP contribution in [-0.4, -0.2) is 32.7 Å². The van der Waals surface area contributed by atoms with Crippen LogP contribution in [0.3, 0.4) is 0 Å². The van der Waals surface area contributed by atoms with Gasteiger partial charge in [-0.15, -0.1) is 0 Å². The molecule has 0 saturated heterocycles. The van der Waals surface area contributed by atoms with Crippen molar-refractivity contribution >= 4 is 21.6 Å². The van der Waals surface area contributed by atoms with Crippen molar-refractivity contribution in [2.75, 3.05) is 10.6 Å². The Kier molecular flexibility index (Phi) is 5.34. The number of benzene rings is 1. The molecule has 23 heavy (non-hydrogen) atoms. The first-order valence-corrected chi connectivity index (χ1v) is 9.92. The summed E-state index contributed by atoms with van der Waals surface area (Å²) in [5, 5.41) is 2.98. The van der Waals surface area contributed by atoms with Crippen LogP contribution in [0, 0.1) is 13.8 Å². The zero-order valence-electron chi connectivity index (χ0n) is 14.3.